The molecule has 4 saturated heterocycles. The van der Waals surface area contributed by atoms with Crippen molar-refractivity contribution >= 4 is 40.9 Å². The number of amides is 2. The highest BCUT2D eigenvalue weighted by atomic mass is 19.1. The molecule has 4 aliphatic heterocycles. The van der Waals surface area contributed by atoms with Crippen molar-refractivity contribution in [3.63, 3.8) is 0 Å². The van der Waals surface area contributed by atoms with Crippen molar-refractivity contribution in [3.8, 4) is 5.75 Å². The summed E-state index contributed by atoms with van der Waals surface area (Å²) in [5.41, 5.74) is 2.34. The number of aryl methyl sites for hydroxylation is 3. The van der Waals surface area contributed by atoms with E-state index in [1.165, 1.54) is 25.7 Å². The second-order valence-electron chi connectivity index (χ2n) is 21.2. The second-order valence-corrected chi connectivity index (χ2v) is 21.2. The summed E-state index contributed by atoms with van der Waals surface area (Å²) in [5.74, 6) is 1.73. The first kappa shape index (κ1) is 46.1. The van der Waals surface area contributed by atoms with E-state index in [1.807, 2.05) is 16.7 Å². The molecular formula is C52H64F3N7O7. The van der Waals surface area contributed by atoms with E-state index in [0.717, 1.165) is 101 Å². The minimum absolute atomic E-state index is 0.0126. The van der Waals surface area contributed by atoms with Crippen LogP contribution in [0.5, 0.6) is 5.75 Å². The molecule has 12 rings (SSSR count). The SMILES string of the molecule is CCC1(CCCCC2(OC)CN(c3nc(C(=O)Nc4cc(C)c(N5C6CCCC5CC6)c(F)c4)c(CCF)o3)C2)CN(c2nc(C(=O)Nc3cc(C)c(OC4CC5C6C4C56)c(F)c3)c(COC)o2)C1. The molecule has 14 nitrogen and oxygen atoms in total. The number of carbonyl (C=O) groups excluding carboxylic acids is 2. The van der Waals surface area contributed by atoms with Gasteiger partial charge in [-0.25, -0.2) is 8.78 Å². The average molecular weight is 956 g/mol. The van der Waals surface area contributed by atoms with Gasteiger partial charge in [0.1, 0.15) is 29.9 Å². The van der Waals surface area contributed by atoms with Gasteiger partial charge in [0.2, 0.25) is 0 Å². The molecule has 0 spiro atoms. The molecule has 0 radical (unpaired) electrons. The van der Waals surface area contributed by atoms with Gasteiger partial charge < -0.3 is 48.4 Å². The van der Waals surface area contributed by atoms with Crippen LogP contribution in [0.25, 0.3) is 0 Å². The first-order valence-electron chi connectivity index (χ1n) is 25.1. The molecule has 4 aromatic rings. The summed E-state index contributed by atoms with van der Waals surface area (Å²) in [5, 5.41) is 5.61. The number of hydrogen-bond acceptors (Lipinski definition) is 12. The Balaban J connectivity index is 0.665. The van der Waals surface area contributed by atoms with Crippen LogP contribution in [0.4, 0.5) is 42.3 Å². The molecular weight excluding hydrogens is 892 g/mol. The molecule has 4 bridgehead atoms. The zero-order valence-corrected chi connectivity index (χ0v) is 40.3. The molecule has 2 amide bonds. The smallest absolute Gasteiger partial charge is 0.298 e. The van der Waals surface area contributed by atoms with Crippen LogP contribution in [-0.2, 0) is 22.5 Å². The van der Waals surface area contributed by atoms with Gasteiger partial charge in [0.15, 0.2) is 28.7 Å². The Hall–Kier alpha value is -5.29. The molecule has 6 heterocycles. The van der Waals surface area contributed by atoms with E-state index < -0.39 is 29.9 Å². The lowest BCUT2D eigenvalue weighted by Crippen LogP contribution is -2.63. The first-order chi connectivity index (χ1) is 33.3. The van der Waals surface area contributed by atoms with Crippen molar-refractivity contribution in [2.75, 3.05) is 72.4 Å². The number of hydrogen-bond donors (Lipinski definition) is 2. The number of benzene rings is 2. The third kappa shape index (κ3) is 8.32. The monoisotopic (exact) mass is 955 g/mol. The lowest BCUT2D eigenvalue weighted by Gasteiger charge is -2.50. The molecule has 8 aliphatic rings. The van der Waals surface area contributed by atoms with Crippen LogP contribution in [-0.4, -0.2) is 92.6 Å². The summed E-state index contributed by atoms with van der Waals surface area (Å²) >= 11 is 0. The number of nitrogens with zero attached hydrogens (tertiary/aromatic N) is 5. The van der Waals surface area contributed by atoms with Gasteiger partial charge in [-0.05, 0) is 119 Å². The number of unbranched alkanes of at least 4 members (excludes halogenated alkanes) is 1. The number of anilines is 5. The van der Waals surface area contributed by atoms with Gasteiger partial charge in [-0.1, -0.05) is 19.8 Å². The molecule has 69 heavy (non-hydrogen) atoms. The Kier molecular flexibility index (Phi) is 11.9. The number of halogens is 3. The average Bonchev–Trinajstić information content (AvgIpc) is 3.76. The molecule has 2 aromatic heterocycles. The lowest BCUT2D eigenvalue weighted by atomic mass is 9.73. The molecule has 5 atom stereocenters. The zero-order valence-electron chi connectivity index (χ0n) is 40.3. The number of fused-ring (bicyclic) bond motifs is 3. The van der Waals surface area contributed by atoms with Gasteiger partial charge in [-0.3, -0.25) is 14.0 Å². The number of aromatic nitrogens is 2. The number of rotatable bonds is 20. The van der Waals surface area contributed by atoms with Crippen LogP contribution < -0.4 is 30.1 Å². The van der Waals surface area contributed by atoms with Crippen molar-refractivity contribution in [1.29, 1.82) is 0 Å². The predicted molar refractivity (Wildman–Crippen MR) is 253 cm³/mol. The van der Waals surface area contributed by atoms with Crippen molar-refractivity contribution in [2.45, 2.75) is 128 Å². The van der Waals surface area contributed by atoms with E-state index in [-0.39, 0.29) is 59.3 Å². The van der Waals surface area contributed by atoms with E-state index in [1.54, 1.807) is 26.2 Å². The Morgan fingerprint density at radius 1 is 0.797 bits per heavy atom. The summed E-state index contributed by atoms with van der Waals surface area (Å²) in [4.78, 5) is 42.5. The maximum atomic E-state index is 15.7. The summed E-state index contributed by atoms with van der Waals surface area (Å²) in [6, 6.07) is 7.47. The fourth-order valence-corrected chi connectivity index (χ4v) is 13.1. The molecule has 4 saturated carbocycles. The summed E-state index contributed by atoms with van der Waals surface area (Å²) in [6.45, 7) is 7.62. The minimum Gasteiger partial charge on any atom is -0.487 e. The standard InChI is InChI=1S/C52H64F3N7O7/c1-6-51(24-60(25-51)49-59-44(39(69-49)23-65-4)48(64)57-31-19-29(3)46(36(55)21-31)67-38-22-34-40-41(34)42(38)40)15-7-8-16-52(66-5)26-61(27-52)50-58-43(37(68-50)14-17-53)47(63)56-30-18-28(2)45(35(54)20-30)62-32-10-9-11-33(62)13-12-32/h18-21,32-34,38,40-42H,6-17,22-27H2,1-5H3,(H,56,63)(H,57,64). The maximum absolute atomic E-state index is 15.7. The van der Waals surface area contributed by atoms with Crippen molar-refractivity contribution in [2.24, 2.45) is 29.1 Å². The Bertz CT molecular complexity index is 2550. The van der Waals surface area contributed by atoms with E-state index >= 15 is 8.78 Å². The molecule has 8 fully saturated rings. The highest BCUT2D eigenvalue weighted by molar-refractivity contribution is 6.04. The van der Waals surface area contributed by atoms with Gasteiger partial charge in [0, 0.05) is 74.6 Å². The molecule has 2 aromatic carbocycles. The lowest BCUT2D eigenvalue weighted by molar-refractivity contribution is -0.0438. The largest absolute Gasteiger partial charge is 0.487 e. The van der Waals surface area contributed by atoms with E-state index in [0.29, 0.717) is 65.5 Å². The van der Waals surface area contributed by atoms with Crippen molar-refractivity contribution in [3.05, 3.63) is 69.9 Å². The fourth-order valence-electron chi connectivity index (χ4n) is 13.1. The first-order valence-corrected chi connectivity index (χ1v) is 25.1. The molecule has 5 unspecified atom stereocenters. The highest BCUT2D eigenvalue weighted by Crippen LogP contribution is 2.82. The maximum Gasteiger partial charge on any atom is 0.298 e. The van der Waals surface area contributed by atoms with Crippen LogP contribution in [0, 0.1) is 54.6 Å². The molecule has 17 heteroatoms. The van der Waals surface area contributed by atoms with Gasteiger partial charge in [-0.15, -0.1) is 0 Å². The number of ether oxygens (including phenoxy) is 3. The summed E-state index contributed by atoms with van der Waals surface area (Å²) < 4.78 is 74.4. The van der Waals surface area contributed by atoms with Crippen LogP contribution in [0.15, 0.2) is 33.1 Å². The predicted octanol–water partition coefficient (Wildman–Crippen LogP) is 9.57. The van der Waals surface area contributed by atoms with E-state index in [2.05, 4.69) is 32.4 Å². The number of piperidine rings is 1. The van der Waals surface area contributed by atoms with Gasteiger partial charge in [-0.2, -0.15) is 9.97 Å². The second kappa shape index (κ2) is 17.8. The fraction of sp³-hybridized carbons (Fsp3) is 0.615. The number of alkyl halides is 1. The molecule has 370 valence electrons. The quantitative estimate of drug-likeness (QED) is 0.0814. The Morgan fingerprint density at radius 3 is 1.99 bits per heavy atom. The number of oxazole rings is 2. The third-order valence-electron chi connectivity index (χ3n) is 16.9. The molecule has 4 aliphatic carbocycles. The van der Waals surface area contributed by atoms with Crippen molar-refractivity contribution in [1.82, 2.24) is 9.97 Å². The molecule has 2 N–H and O–H groups in total. The van der Waals surface area contributed by atoms with Crippen LogP contribution in [0.2, 0.25) is 0 Å². The van der Waals surface area contributed by atoms with E-state index in [9.17, 15) is 14.0 Å². The summed E-state index contributed by atoms with van der Waals surface area (Å²) in [7, 11) is 3.23. The number of nitrogens with one attached hydrogen (secondary N) is 2. The van der Waals surface area contributed by atoms with Crippen LogP contribution >= 0.6 is 0 Å². The normalized spacial score (nSPS) is 26.4. The topological polar surface area (TPSA) is 148 Å². The summed E-state index contributed by atoms with van der Waals surface area (Å²) in [6.07, 6.45) is 11.1. The zero-order chi connectivity index (χ0) is 47.9. The number of carbonyl (C=O) groups is 2. The number of methoxy groups -OCH3 is 2. The highest BCUT2D eigenvalue weighted by Gasteiger charge is 2.81. The van der Waals surface area contributed by atoms with Gasteiger partial charge >= 0.3 is 0 Å². The van der Waals surface area contributed by atoms with E-state index in [4.69, 9.17) is 23.0 Å². The van der Waals surface area contributed by atoms with Gasteiger partial charge in [0.05, 0.1) is 25.5 Å². The van der Waals surface area contributed by atoms with Crippen LogP contribution in [0.1, 0.15) is 121 Å². The minimum atomic E-state index is -0.726. The Morgan fingerprint density at radius 2 is 1.41 bits per heavy atom. The van der Waals surface area contributed by atoms with Crippen LogP contribution in [0.3, 0.4) is 0 Å². The van der Waals surface area contributed by atoms with Crippen molar-refractivity contribution < 1.29 is 45.8 Å². The third-order valence-corrected chi connectivity index (χ3v) is 16.9. The van der Waals surface area contributed by atoms with Gasteiger partial charge in [0.25, 0.3) is 23.8 Å². The Labute approximate surface area is 401 Å².